The number of aromatic nitrogens is 5. The summed E-state index contributed by atoms with van der Waals surface area (Å²) in [4.78, 5) is 8.66. The van der Waals surface area contributed by atoms with Crippen LogP contribution >= 0.6 is 0 Å². The molecule has 0 amide bonds. The van der Waals surface area contributed by atoms with Crippen LogP contribution in [0.3, 0.4) is 0 Å². The van der Waals surface area contributed by atoms with Crippen molar-refractivity contribution in [1.82, 2.24) is 24.9 Å². The Bertz CT molecular complexity index is 1140. The fourth-order valence-corrected chi connectivity index (χ4v) is 3.29. The van der Waals surface area contributed by atoms with Crippen LogP contribution in [0.2, 0.25) is 0 Å². The molecule has 0 saturated carbocycles. The lowest BCUT2D eigenvalue weighted by molar-refractivity contribution is 0.0482. The zero-order valence-corrected chi connectivity index (χ0v) is 16.2. The van der Waals surface area contributed by atoms with Crippen LogP contribution in [-0.2, 0) is 5.60 Å². The number of fused-ring (bicyclic) bond motifs is 1. The molecule has 0 saturated heterocycles. The Morgan fingerprint density at radius 2 is 1.89 bits per heavy atom. The zero-order valence-electron chi connectivity index (χ0n) is 16.2. The molecule has 0 radical (unpaired) electrons. The molecule has 0 aromatic carbocycles. The molecule has 28 heavy (non-hydrogen) atoms. The summed E-state index contributed by atoms with van der Waals surface area (Å²) < 4.78 is 7.46. The average molecular weight is 378 g/mol. The van der Waals surface area contributed by atoms with E-state index in [0.717, 1.165) is 5.52 Å². The Labute approximate surface area is 162 Å². The van der Waals surface area contributed by atoms with Crippen molar-refractivity contribution in [2.45, 2.75) is 39.3 Å². The van der Waals surface area contributed by atoms with Gasteiger partial charge in [0, 0.05) is 18.4 Å². The van der Waals surface area contributed by atoms with E-state index >= 15 is 0 Å². The Morgan fingerprint density at radius 3 is 2.54 bits per heavy atom. The lowest BCUT2D eigenvalue weighted by Gasteiger charge is -2.15. The van der Waals surface area contributed by atoms with Crippen molar-refractivity contribution in [1.29, 1.82) is 0 Å². The van der Waals surface area contributed by atoms with E-state index in [4.69, 9.17) is 15.4 Å². The third-order valence-corrected chi connectivity index (χ3v) is 4.53. The fraction of sp³-hybridized carbons (Fsp3) is 0.300. The molecule has 0 aliphatic carbocycles. The number of rotatable bonds is 4. The minimum absolute atomic E-state index is 0.108. The molecule has 8 nitrogen and oxygen atoms in total. The van der Waals surface area contributed by atoms with Gasteiger partial charge in [0.2, 0.25) is 0 Å². The predicted octanol–water partition coefficient (Wildman–Crippen LogP) is 3.54. The molecular weight excluding hydrogens is 356 g/mol. The molecule has 4 aromatic heterocycles. The summed E-state index contributed by atoms with van der Waals surface area (Å²) in [6, 6.07) is 7.52. The molecular formula is C20H22N6O2. The van der Waals surface area contributed by atoms with E-state index in [0.29, 0.717) is 39.6 Å². The molecule has 0 unspecified atom stereocenters. The van der Waals surface area contributed by atoms with E-state index in [1.54, 1.807) is 26.2 Å². The van der Waals surface area contributed by atoms with Gasteiger partial charge in [-0.1, -0.05) is 11.2 Å². The van der Waals surface area contributed by atoms with Gasteiger partial charge in [-0.25, -0.2) is 4.98 Å². The maximum Gasteiger partial charge on any atom is 0.177 e. The smallest absolute Gasteiger partial charge is 0.177 e. The van der Waals surface area contributed by atoms with E-state index in [2.05, 4.69) is 15.1 Å². The zero-order chi connectivity index (χ0) is 20.1. The lowest BCUT2D eigenvalue weighted by atomic mass is 9.96. The number of anilines is 1. The van der Waals surface area contributed by atoms with Gasteiger partial charge in [-0.05, 0) is 45.9 Å². The standard InChI is InChI=1S/C20H22N6O2/c1-11(2)26-13-8-10-23-19(21)15(13)16(24-26)17-14(12-7-5-6-9-22-12)18(28-25-17)20(3,4)27/h5-11,27H,1-4H3,(H2,21,23). The highest BCUT2D eigenvalue weighted by Crippen LogP contribution is 2.41. The van der Waals surface area contributed by atoms with E-state index < -0.39 is 5.60 Å². The second-order valence-electron chi connectivity index (χ2n) is 7.49. The first-order valence-corrected chi connectivity index (χ1v) is 9.06. The SMILES string of the molecule is CC(C)n1nc(-c2noc(C(C)(C)O)c2-c2ccccn2)c2c(N)nccc21. The number of nitrogens with zero attached hydrogens (tertiary/aromatic N) is 5. The van der Waals surface area contributed by atoms with Crippen LogP contribution in [0, 0.1) is 0 Å². The van der Waals surface area contributed by atoms with Gasteiger partial charge in [-0.2, -0.15) is 5.10 Å². The van der Waals surface area contributed by atoms with Crippen molar-refractivity contribution < 1.29 is 9.63 Å². The maximum atomic E-state index is 10.6. The highest BCUT2D eigenvalue weighted by atomic mass is 16.5. The van der Waals surface area contributed by atoms with Crippen LogP contribution in [0.1, 0.15) is 39.5 Å². The summed E-state index contributed by atoms with van der Waals surface area (Å²) in [7, 11) is 0. The highest BCUT2D eigenvalue weighted by Gasteiger charge is 2.33. The lowest BCUT2D eigenvalue weighted by Crippen LogP contribution is -2.15. The minimum atomic E-state index is -1.25. The molecule has 0 fully saturated rings. The molecule has 144 valence electrons. The van der Waals surface area contributed by atoms with Crippen LogP contribution in [0.15, 0.2) is 41.2 Å². The van der Waals surface area contributed by atoms with Crippen molar-refractivity contribution in [3.8, 4) is 22.6 Å². The van der Waals surface area contributed by atoms with Crippen LogP contribution in [0.25, 0.3) is 33.5 Å². The van der Waals surface area contributed by atoms with Crippen molar-refractivity contribution in [2.24, 2.45) is 0 Å². The van der Waals surface area contributed by atoms with E-state index in [1.165, 1.54) is 0 Å². The second kappa shape index (κ2) is 6.42. The average Bonchev–Trinajstić information content (AvgIpc) is 3.24. The molecule has 4 heterocycles. The molecule has 0 aliphatic rings. The minimum Gasteiger partial charge on any atom is -0.383 e. The quantitative estimate of drug-likeness (QED) is 0.558. The van der Waals surface area contributed by atoms with Crippen molar-refractivity contribution in [2.75, 3.05) is 5.73 Å². The van der Waals surface area contributed by atoms with Crippen molar-refractivity contribution in [3.05, 3.63) is 42.4 Å². The van der Waals surface area contributed by atoms with E-state index in [-0.39, 0.29) is 6.04 Å². The fourth-order valence-electron chi connectivity index (χ4n) is 3.29. The van der Waals surface area contributed by atoms with E-state index in [9.17, 15) is 5.11 Å². The van der Waals surface area contributed by atoms with Gasteiger partial charge in [0.1, 0.15) is 22.8 Å². The summed E-state index contributed by atoms with van der Waals surface area (Å²) in [5.41, 5.74) is 8.05. The first kappa shape index (κ1) is 18.1. The molecule has 0 atom stereocenters. The third kappa shape index (κ3) is 2.82. The predicted molar refractivity (Wildman–Crippen MR) is 106 cm³/mol. The summed E-state index contributed by atoms with van der Waals surface area (Å²) in [6.45, 7) is 7.37. The molecule has 0 spiro atoms. The third-order valence-electron chi connectivity index (χ3n) is 4.53. The highest BCUT2D eigenvalue weighted by molar-refractivity contribution is 6.02. The Balaban J connectivity index is 2.08. The number of hydrogen-bond acceptors (Lipinski definition) is 7. The molecule has 8 heteroatoms. The van der Waals surface area contributed by atoms with Crippen LogP contribution in [0.4, 0.5) is 5.82 Å². The van der Waals surface area contributed by atoms with Gasteiger partial charge in [0.15, 0.2) is 5.76 Å². The van der Waals surface area contributed by atoms with Gasteiger partial charge >= 0.3 is 0 Å². The normalized spacial score (nSPS) is 12.2. The topological polar surface area (TPSA) is 116 Å². The monoisotopic (exact) mass is 378 g/mol. The molecule has 0 aliphatic heterocycles. The van der Waals surface area contributed by atoms with Gasteiger partial charge in [0.25, 0.3) is 0 Å². The summed E-state index contributed by atoms with van der Waals surface area (Å²) in [5, 5.41) is 20.4. The van der Waals surface area contributed by atoms with Crippen LogP contribution in [-0.4, -0.2) is 30.0 Å². The number of pyridine rings is 2. The van der Waals surface area contributed by atoms with Gasteiger partial charge in [-0.3, -0.25) is 9.67 Å². The maximum absolute atomic E-state index is 10.6. The molecule has 4 aromatic rings. The Hall–Kier alpha value is -3.26. The molecule has 4 rings (SSSR count). The van der Waals surface area contributed by atoms with Crippen LogP contribution < -0.4 is 5.73 Å². The Kier molecular flexibility index (Phi) is 4.15. The summed E-state index contributed by atoms with van der Waals surface area (Å²) >= 11 is 0. The number of hydrogen-bond donors (Lipinski definition) is 2. The number of nitrogens with two attached hydrogens (primary N) is 1. The first-order valence-electron chi connectivity index (χ1n) is 9.06. The van der Waals surface area contributed by atoms with Gasteiger partial charge < -0.3 is 15.4 Å². The molecule has 3 N–H and O–H groups in total. The largest absolute Gasteiger partial charge is 0.383 e. The summed E-state index contributed by atoms with van der Waals surface area (Å²) in [5.74, 6) is 0.676. The number of nitrogen functional groups attached to an aromatic ring is 1. The van der Waals surface area contributed by atoms with Gasteiger partial charge in [0.05, 0.1) is 22.2 Å². The van der Waals surface area contributed by atoms with Crippen molar-refractivity contribution in [3.63, 3.8) is 0 Å². The second-order valence-corrected chi connectivity index (χ2v) is 7.49. The molecule has 0 bridgehead atoms. The van der Waals surface area contributed by atoms with Crippen LogP contribution in [0.5, 0.6) is 0 Å². The van der Waals surface area contributed by atoms with Gasteiger partial charge in [-0.15, -0.1) is 0 Å². The Morgan fingerprint density at radius 1 is 1.11 bits per heavy atom. The summed E-state index contributed by atoms with van der Waals surface area (Å²) in [6.07, 6.45) is 3.34. The van der Waals surface area contributed by atoms with Crippen molar-refractivity contribution >= 4 is 16.7 Å². The van der Waals surface area contributed by atoms with E-state index in [1.807, 2.05) is 42.8 Å². The number of aliphatic hydroxyl groups is 1. The first-order chi connectivity index (χ1) is 13.3.